The molecule has 166 valence electrons. The van der Waals surface area contributed by atoms with Crippen molar-refractivity contribution in [1.82, 2.24) is 5.32 Å². The van der Waals surface area contributed by atoms with Gasteiger partial charge in [-0.2, -0.15) is 0 Å². The number of aliphatic hydroxyl groups excluding tert-OH is 1. The van der Waals surface area contributed by atoms with Crippen LogP contribution in [0.2, 0.25) is 4.34 Å². The van der Waals surface area contributed by atoms with Gasteiger partial charge in [0.1, 0.15) is 6.61 Å². The monoisotopic (exact) mass is 465 g/mol. The van der Waals surface area contributed by atoms with Crippen LogP contribution in [-0.4, -0.2) is 54.7 Å². The molecule has 10 heteroatoms. The number of amides is 3. The Kier molecular flexibility index (Phi) is 7.32. The summed E-state index contributed by atoms with van der Waals surface area (Å²) in [6, 6.07) is 8.47. The third kappa shape index (κ3) is 5.82. The molecule has 1 aliphatic heterocycles. The van der Waals surface area contributed by atoms with E-state index in [-0.39, 0.29) is 24.8 Å². The number of ether oxygens (including phenoxy) is 1. The molecular weight excluding hydrogens is 442 g/mol. The second-order valence-corrected chi connectivity index (χ2v) is 9.32. The molecule has 8 nitrogen and oxygen atoms in total. The summed E-state index contributed by atoms with van der Waals surface area (Å²) >= 11 is 6.98. The second-order valence-electron chi connectivity index (χ2n) is 7.60. The van der Waals surface area contributed by atoms with E-state index in [9.17, 15) is 19.5 Å². The maximum Gasteiger partial charge on any atom is 0.261 e. The first-order chi connectivity index (χ1) is 14.7. The van der Waals surface area contributed by atoms with Gasteiger partial charge in [0.05, 0.1) is 34.4 Å². The molecule has 31 heavy (non-hydrogen) atoms. The number of carbonyl (C=O) groups is 3. The highest BCUT2D eigenvalue weighted by Gasteiger charge is 2.30. The van der Waals surface area contributed by atoms with E-state index in [2.05, 4.69) is 10.6 Å². The van der Waals surface area contributed by atoms with Gasteiger partial charge in [-0.15, -0.1) is 11.3 Å². The van der Waals surface area contributed by atoms with Crippen LogP contribution in [0.15, 0.2) is 30.3 Å². The molecule has 1 aromatic carbocycles. The lowest BCUT2D eigenvalue weighted by atomic mass is 9.98. The van der Waals surface area contributed by atoms with Crippen molar-refractivity contribution in [2.75, 3.05) is 36.6 Å². The molecule has 2 heterocycles. The van der Waals surface area contributed by atoms with Gasteiger partial charge in [0.25, 0.3) is 11.8 Å². The number of aliphatic hydroxyl groups is 1. The predicted octanol–water partition coefficient (Wildman–Crippen LogP) is 2.58. The Labute approximate surface area is 189 Å². The summed E-state index contributed by atoms with van der Waals surface area (Å²) in [5.41, 5.74) is 1.02. The molecular formula is C21H24ClN3O5S. The minimum Gasteiger partial charge on any atom is -0.394 e. The van der Waals surface area contributed by atoms with Gasteiger partial charge >= 0.3 is 0 Å². The number of nitrogens with one attached hydrogen (secondary N) is 2. The van der Waals surface area contributed by atoms with E-state index < -0.39 is 18.1 Å². The molecule has 0 radical (unpaired) electrons. The third-order valence-corrected chi connectivity index (χ3v) is 6.10. The summed E-state index contributed by atoms with van der Waals surface area (Å²) in [5.74, 6) is -0.875. The summed E-state index contributed by atoms with van der Waals surface area (Å²) in [6.45, 7) is 4.06. The zero-order valence-electron chi connectivity index (χ0n) is 17.2. The Morgan fingerprint density at radius 2 is 2.10 bits per heavy atom. The van der Waals surface area contributed by atoms with E-state index in [1.807, 2.05) is 6.92 Å². The van der Waals surface area contributed by atoms with Crippen molar-refractivity contribution < 1.29 is 24.2 Å². The van der Waals surface area contributed by atoms with Crippen molar-refractivity contribution in [1.29, 1.82) is 0 Å². The number of hydrogen-bond acceptors (Lipinski definition) is 6. The average Bonchev–Trinajstić information content (AvgIpc) is 3.15. The van der Waals surface area contributed by atoms with Gasteiger partial charge in [0, 0.05) is 17.9 Å². The molecule has 0 bridgehead atoms. The number of aryl methyl sites for hydroxylation is 1. The molecule has 3 N–H and O–H groups in total. The largest absolute Gasteiger partial charge is 0.394 e. The van der Waals surface area contributed by atoms with E-state index >= 15 is 0 Å². The summed E-state index contributed by atoms with van der Waals surface area (Å²) < 4.78 is 5.64. The van der Waals surface area contributed by atoms with Crippen LogP contribution in [0.5, 0.6) is 0 Å². The Hall–Kier alpha value is -2.46. The van der Waals surface area contributed by atoms with Crippen LogP contribution < -0.4 is 15.5 Å². The fourth-order valence-corrected chi connectivity index (χ4v) is 4.22. The molecule has 0 aliphatic carbocycles. The second kappa shape index (κ2) is 9.78. The number of nitrogens with zero attached hydrogens (tertiary/aromatic N) is 1. The minimum absolute atomic E-state index is 0.0566. The fourth-order valence-electron chi connectivity index (χ4n) is 3.28. The topological polar surface area (TPSA) is 108 Å². The summed E-state index contributed by atoms with van der Waals surface area (Å²) in [4.78, 5) is 39.1. The van der Waals surface area contributed by atoms with Gasteiger partial charge in [0.2, 0.25) is 5.91 Å². The van der Waals surface area contributed by atoms with Crippen LogP contribution in [0.4, 0.5) is 11.4 Å². The number of hydrogen-bond donors (Lipinski definition) is 3. The lowest BCUT2D eigenvalue weighted by Gasteiger charge is -2.29. The van der Waals surface area contributed by atoms with E-state index in [1.54, 1.807) is 42.2 Å². The van der Waals surface area contributed by atoms with E-state index in [4.69, 9.17) is 16.3 Å². The summed E-state index contributed by atoms with van der Waals surface area (Å²) in [7, 11) is 0. The van der Waals surface area contributed by atoms with Gasteiger partial charge in [-0.3, -0.25) is 14.4 Å². The Bertz CT molecular complexity index is 995. The van der Waals surface area contributed by atoms with Gasteiger partial charge in [0.15, 0.2) is 0 Å². The van der Waals surface area contributed by atoms with E-state index in [0.717, 1.165) is 22.6 Å². The number of anilines is 2. The van der Waals surface area contributed by atoms with Crippen molar-refractivity contribution in [3.63, 3.8) is 0 Å². The van der Waals surface area contributed by atoms with Gasteiger partial charge in [-0.25, -0.2) is 0 Å². The maximum absolute atomic E-state index is 12.6. The zero-order valence-corrected chi connectivity index (χ0v) is 18.8. The standard InChI is InChI=1S/C21H24ClN3O5S/c1-13-9-14(3-4-15(13)25-7-8-30-11-19(25)28)23-18(27)10-21(2,12-26)24-20(29)16-5-6-17(22)31-16/h3-6,9,26H,7-8,10-12H2,1-2H3,(H,23,27)(H,24,29). The fraction of sp³-hybridized carbons (Fsp3) is 0.381. The number of thiophene rings is 1. The third-order valence-electron chi connectivity index (χ3n) is 4.87. The molecule has 0 saturated carbocycles. The maximum atomic E-state index is 12.6. The minimum atomic E-state index is -1.15. The van der Waals surface area contributed by atoms with Crippen LogP contribution in [0.25, 0.3) is 0 Å². The van der Waals surface area contributed by atoms with Crippen LogP contribution >= 0.6 is 22.9 Å². The Morgan fingerprint density at radius 3 is 2.71 bits per heavy atom. The highest BCUT2D eigenvalue weighted by Crippen LogP contribution is 2.26. The molecule has 1 atom stereocenters. The van der Waals surface area contributed by atoms with Crippen molar-refractivity contribution in [3.8, 4) is 0 Å². The Morgan fingerprint density at radius 1 is 1.32 bits per heavy atom. The normalized spacial score (nSPS) is 16.0. The first kappa shape index (κ1) is 23.2. The molecule has 1 aliphatic rings. The van der Waals surface area contributed by atoms with E-state index in [0.29, 0.717) is 28.1 Å². The number of benzene rings is 1. The number of halogens is 1. The zero-order chi connectivity index (χ0) is 22.6. The Balaban J connectivity index is 1.64. The number of morpholine rings is 1. The number of rotatable bonds is 7. The molecule has 1 saturated heterocycles. The predicted molar refractivity (Wildman–Crippen MR) is 120 cm³/mol. The van der Waals surface area contributed by atoms with Crippen molar-refractivity contribution in [3.05, 3.63) is 45.1 Å². The van der Waals surface area contributed by atoms with Crippen LogP contribution in [-0.2, 0) is 14.3 Å². The molecule has 1 fully saturated rings. The molecule has 3 rings (SSSR count). The first-order valence-corrected chi connectivity index (χ1v) is 10.9. The summed E-state index contributed by atoms with van der Waals surface area (Å²) in [5, 5.41) is 15.3. The van der Waals surface area contributed by atoms with Gasteiger partial charge in [-0.1, -0.05) is 11.6 Å². The molecule has 2 aromatic rings. The van der Waals surface area contributed by atoms with Crippen LogP contribution in [0.1, 0.15) is 28.6 Å². The number of carbonyl (C=O) groups excluding carboxylic acids is 3. The average molecular weight is 466 g/mol. The lowest BCUT2D eigenvalue weighted by molar-refractivity contribution is -0.125. The van der Waals surface area contributed by atoms with Crippen molar-refractivity contribution in [2.24, 2.45) is 0 Å². The van der Waals surface area contributed by atoms with Crippen molar-refractivity contribution >= 4 is 52.0 Å². The highest BCUT2D eigenvalue weighted by molar-refractivity contribution is 7.18. The highest BCUT2D eigenvalue weighted by atomic mass is 35.5. The SMILES string of the molecule is Cc1cc(NC(=O)CC(C)(CO)NC(=O)c2ccc(Cl)s2)ccc1N1CCOCC1=O. The van der Waals surface area contributed by atoms with E-state index in [1.165, 1.54) is 0 Å². The first-order valence-electron chi connectivity index (χ1n) is 9.68. The molecule has 1 aromatic heterocycles. The molecule has 3 amide bonds. The van der Waals surface area contributed by atoms with Crippen molar-refractivity contribution in [2.45, 2.75) is 25.8 Å². The quantitative estimate of drug-likeness (QED) is 0.582. The smallest absolute Gasteiger partial charge is 0.261 e. The molecule has 0 spiro atoms. The van der Waals surface area contributed by atoms with Crippen LogP contribution in [0.3, 0.4) is 0 Å². The van der Waals surface area contributed by atoms with Gasteiger partial charge < -0.3 is 25.4 Å². The van der Waals surface area contributed by atoms with Crippen LogP contribution in [0, 0.1) is 6.92 Å². The van der Waals surface area contributed by atoms with Gasteiger partial charge in [-0.05, 0) is 49.7 Å². The lowest BCUT2D eigenvalue weighted by Crippen LogP contribution is -2.50. The molecule has 1 unspecified atom stereocenters. The summed E-state index contributed by atoms with van der Waals surface area (Å²) in [6.07, 6.45) is -0.128.